The SMILES string of the molecule is COc1ccc(-n2c(C)ccc2-c2ccc(Br)cc2)cc1. The van der Waals surface area contributed by atoms with Crippen LogP contribution in [0.5, 0.6) is 5.75 Å². The first-order valence-corrected chi connectivity index (χ1v) is 7.57. The molecular weight excluding hydrogens is 326 g/mol. The molecule has 3 aromatic rings. The summed E-state index contributed by atoms with van der Waals surface area (Å²) in [4.78, 5) is 0. The Morgan fingerprint density at radius 2 is 1.52 bits per heavy atom. The van der Waals surface area contributed by atoms with Crippen molar-refractivity contribution in [2.45, 2.75) is 6.92 Å². The normalized spacial score (nSPS) is 10.6. The molecular formula is C18H16BrNO. The summed E-state index contributed by atoms with van der Waals surface area (Å²) < 4.78 is 8.57. The number of hydrogen-bond donors (Lipinski definition) is 0. The van der Waals surface area contributed by atoms with Gasteiger partial charge in [0, 0.05) is 15.9 Å². The average molecular weight is 342 g/mol. The quantitative estimate of drug-likeness (QED) is 0.636. The Morgan fingerprint density at radius 3 is 2.14 bits per heavy atom. The summed E-state index contributed by atoms with van der Waals surface area (Å²) in [7, 11) is 1.68. The number of hydrogen-bond acceptors (Lipinski definition) is 1. The number of nitrogens with zero attached hydrogens (tertiary/aromatic N) is 1. The lowest BCUT2D eigenvalue weighted by molar-refractivity contribution is 0.414. The molecule has 1 heterocycles. The third-order valence-electron chi connectivity index (χ3n) is 3.55. The maximum Gasteiger partial charge on any atom is 0.119 e. The van der Waals surface area contributed by atoms with E-state index in [0.717, 1.165) is 15.9 Å². The molecule has 0 N–H and O–H groups in total. The molecule has 1 aromatic heterocycles. The van der Waals surface area contributed by atoms with Crippen LogP contribution in [-0.4, -0.2) is 11.7 Å². The highest BCUT2D eigenvalue weighted by Crippen LogP contribution is 2.28. The van der Waals surface area contributed by atoms with Gasteiger partial charge in [0.1, 0.15) is 5.75 Å². The fourth-order valence-electron chi connectivity index (χ4n) is 2.46. The summed E-state index contributed by atoms with van der Waals surface area (Å²) in [5.74, 6) is 0.869. The van der Waals surface area contributed by atoms with Crippen molar-refractivity contribution in [2.24, 2.45) is 0 Å². The Labute approximate surface area is 133 Å². The Hall–Kier alpha value is -2.00. The Bertz CT molecular complexity index is 742. The van der Waals surface area contributed by atoms with E-state index in [-0.39, 0.29) is 0 Å². The summed E-state index contributed by atoms with van der Waals surface area (Å²) in [6, 6.07) is 20.8. The van der Waals surface area contributed by atoms with Crippen LogP contribution < -0.4 is 4.74 Å². The van der Waals surface area contributed by atoms with E-state index in [1.165, 1.54) is 17.0 Å². The van der Waals surface area contributed by atoms with Crippen LogP contribution in [-0.2, 0) is 0 Å². The van der Waals surface area contributed by atoms with Crippen molar-refractivity contribution >= 4 is 15.9 Å². The van der Waals surface area contributed by atoms with Gasteiger partial charge in [0.2, 0.25) is 0 Å². The van der Waals surface area contributed by atoms with E-state index in [1.54, 1.807) is 7.11 Å². The van der Waals surface area contributed by atoms with Crippen molar-refractivity contribution in [2.75, 3.05) is 7.11 Å². The highest BCUT2D eigenvalue weighted by molar-refractivity contribution is 9.10. The van der Waals surface area contributed by atoms with Crippen molar-refractivity contribution in [1.82, 2.24) is 4.57 Å². The maximum absolute atomic E-state index is 5.23. The number of aryl methyl sites for hydroxylation is 1. The van der Waals surface area contributed by atoms with E-state index in [1.807, 2.05) is 12.1 Å². The van der Waals surface area contributed by atoms with Crippen molar-refractivity contribution in [3.05, 3.63) is 70.8 Å². The second-order valence-electron chi connectivity index (χ2n) is 4.90. The number of aromatic nitrogens is 1. The van der Waals surface area contributed by atoms with Gasteiger partial charge in [-0.3, -0.25) is 0 Å². The third-order valence-corrected chi connectivity index (χ3v) is 4.08. The number of halogens is 1. The van der Waals surface area contributed by atoms with Crippen LogP contribution in [0.15, 0.2) is 65.1 Å². The van der Waals surface area contributed by atoms with Gasteiger partial charge in [-0.2, -0.15) is 0 Å². The van der Waals surface area contributed by atoms with Crippen LogP contribution in [0.1, 0.15) is 5.69 Å². The molecule has 3 heteroatoms. The van der Waals surface area contributed by atoms with E-state index in [9.17, 15) is 0 Å². The fraction of sp³-hybridized carbons (Fsp3) is 0.111. The first-order valence-electron chi connectivity index (χ1n) is 6.78. The van der Waals surface area contributed by atoms with E-state index >= 15 is 0 Å². The second-order valence-corrected chi connectivity index (χ2v) is 5.82. The average Bonchev–Trinajstić information content (AvgIpc) is 2.90. The van der Waals surface area contributed by atoms with Crippen molar-refractivity contribution in [3.63, 3.8) is 0 Å². The van der Waals surface area contributed by atoms with Crippen LogP contribution in [0.25, 0.3) is 16.9 Å². The summed E-state index contributed by atoms with van der Waals surface area (Å²) >= 11 is 3.48. The highest BCUT2D eigenvalue weighted by Gasteiger charge is 2.09. The van der Waals surface area contributed by atoms with Gasteiger partial charge < -0.3 is 9.30 Å². The summed E-state index contributed by atoms with van der Waals surface area (Å²) in [6.45, 7) is 2.12. The van der Waals surface area contributed by atoms with E-state index in [2.05, 4.69) is 76.0 Å². The van der Waals surface area contributed by atoms with Gasteiger partial charge in [0.25, 0.3) is 0 Å². The lowest BCUT2D eigenvalue weighted by atomic mass is 10.1. The molecule has 0 unspecified atom stereocenters. The smallest absolute Gasteiger partial charge is 0.119 e. The van der Waals surface area contributed by atoms with Crippen molar-refractivity contribution in [1.29, 1.82) is 0 Å². The maximum atomic E-state index is 5.23. The van der Waals surface area contributed by atoms with Gasteiger partial charge in [0.05, 0.1) is 12.8 Å². The van der Waals surface area contributed by atoms with Gasteiger partial charge in [-0.05, 0) is 61.0 Å². The van der Waals surface area contributed by atoms with Gasteiger partial charge in [0.15, 0.2) is 0 Å². The zero-order valence-electron chi connectivity index (χ0n) is 12.0. The van der Waals surface area contributed by atoms with E-state index in [0.29, 0.717) is 0 Å². The van der Waals surface area contributed by atoms with Crippen LogP contribution in [0.4, 0.5) is 0 Å². The van der Waals surface area contributed by atoms with Gasteiger partial charge in [-0.25, -0.2) is 0 Å². The molecule has 0 aliphatic rings. The minimum Gasteiger partial charge on any atom is -0.497 e. The molecule has 0 aliphatic heterocycles. The minimum absolute atomic E-state index is 0.869. The topological polar surface area (TPSA) is 14.2 Å². The Kier molecular flexibility index (Phi) is 3.84. The van der Waals surface area contributed by atoms with Gasteiger partial charge in [-0.15, -0.1) is 0 Å². The molecule has 0 fully saturated rings. The molecule has 0 bridgehead atoms. The largest absolute Gasteiger partial charge is 0.497 e. The standard InChI is InChI=1S/C18H16BrNO/c1-13-3-12-18(14-4-6-15(19)7-5-14)20(13)16-8-10-17(21-2)11-9-16/h3-12H,1-2H3. The van der Waals surface area contributed by atoms with E-state index in [4.69, 9.17) is 4.74 Å². The lowest BCUT2D eigenvalue weighted by Crippen LogP contribution is -1.99. The molecule has 0 spiro atoms. The van der Waals surface area contributed by atoms with Crippen molar-refractivity contribution < 1.29 is 4.74 Å². The highest BCUT2D eigenvalue weighted by atomic mass is 79.9. The van der Waals surface area contributed by atoms with Crippen LogP contribution >= 0.6 is 15.9 Å². The third kappa shape index (κ3) is 2.74. The molecule has 0 saturated heterocycles. The fourth-order valence-corrected chi connectivity index (χ4v) is 2.72. The van der Waals surface area contributed by atoms with E-state index < -0.39 is 0 Å². The molecule has 2 aromatic carbocycles. The first-order chi connectivity index (χ1) is 10.2. The van der Waals surface area contributed by atoms with Crippen LogP contribution in [0.3, 0.4) is 0 Å². The zero-order valence-corrected chi connectivity index (χ0v) is 13.6. The minimum atomic E-state index is 0.869. The zero-order chi connectivity index (χ0) is 14.8. The van der Waals surface area contributed by atoms with Crippen LogP contribution in [0, 0.1) is 6.92 Å². The first kappa shape index (κ1) is 14.0. The molecule has 0 saturated carbocycles. The summed E-state index contributed by atoms with van der Waals surface area (Å²) in [5, 5.41) is 0. The van der Waals surface area contributed by atoms with Crippen molar-refractivity contribution in [3.8, 4) is 22.7 Å². The monoisotopic (exact) mass is 341 g/mol. The predicted octanol–water partition coefficient (Wildman–Crippen LogP) is 5.22. The summed E-state index contributed by atoms with van der Waals surface area (Å²) in [5.41, 5.74) is 4.72. The molecule has 0 atom stereocenters. The summed E-state index contributed by atoms with van der Waals surface area (Å²) in [6.07, 6.45) is 0. The number of benzene rings is 2. The number of ether oxygens (including phenoxy) is 1. The number of methoxy groups -OCH3 is 1. The number of rotatable bonds is 3. The molecule has 0 amide bonds. The second kappa shape index (κ2) is 5.78. The van der Waals surface area contributed by atoms with Gasteiger partial charge in [-0.1, -0.05) is 28.1 Å². The molecule has 0 aliphatic carbocycles. The lowest BCUT2D eigenvalue weighted by Gasteiger charge is -2.13. The van der Waals surface area contributed by atoms with Gasteiger partial charge >= 0.3 is 0 Å². The molecule has 106 valence electrons. The molecule has 21 heavy (non-hydrogen) atoms. The molecule has 0 radical (unpaired) electrons. The predicted molar refractivity (Wildman–Crippen MR) is 90.2 cm³/mol. The van der Waals surface area contributed by atoms with Crippen LogP contribution in [0.2, 0.25) is 0 Å². The molecule has 2 nitrogen and oxygen atoms in total. The molecule has 3 rings (SSSR count). The Morgan fingerprint density at radius 1 is 0.857 bits per heavy atom. The Balaban J connectivity index is 2.09.